The first-order valence-corrected chi connectivity index (χ1v) is 9.68. The van der Waals surface area contributed by atoms with Crippen LogP contribution < -0.4 is 10.0 Å². The van der Waals surface area contributed by atoms with E-state index in [-0.39, 0.29) is 30.7 Å². The molecule has 0 spiro atoms. The van der Waals surface area contributed by atoms with Crippen molar-refractivity contribution in [2.75, 3.05) is 14.1 Å². The molecule has 0 saturated heterocycles. The van der Waals surface area contributed by atoms with Crippen LogP contribution in [0.1, 0.15) is 16.7 Å². The lowest BCUT2D eigenvalue weighted by atomic mass is 10.1. The maximum absolute atomic E-state index is 13.7. The first-order valence-electron chi connectivity index (χ1n) is 8.03. The Balaban J connectivity index is 2.00. The first kappa shape index (κ1) is 19.9. The van der Waals surface area contributed by atoms with Gasteiger partial charge in [-0.05, 0) is 24.2 Å². The third kappa shape index (κ3) is 5.53. The molecule has 0 aliphatic rings. The van der Waals surface area contributed by atoms with Gasteiger partial charge in [0, 0.05) is 25.7 Å². The number of carbonyl (C=O) groups excluding carboxylic acids is 1. The second kappa shape index (κ2) is 8.77. The summed E-state index contributed by atoms with van der Waals surface area (Å²) in [5, 5.41) is 2.73. The number of hydrogen-bond donors (Lipinski definition) is 2. The summed E-state index contributed by atoms with van der Waals surface area (Å²) in [6, 6.07) is 12.9. The highest BCUT2D eigenvalue weighted by atomic mass is 32.2. The smallest absolute Gasteiger partial charge is 0.317 e. The summed E-state index contributed by atoms with van der Waals surface area (Å²) in [4.78, 5) is 13.6. The molecule has 0 heterocycles. The van der Waals surface area contributed by atoms with Crippen LogP contribution in [0.3, 0.4) is 0 Å². The molecule has 0 aliphatic heterocycles. The van der Waals surface area contributed by atoms with Crippen molar-refractivity contribution in [3.8, 4) is 0 Å². The zero-order valence-electron chi connectivity index (χ0n) is 14.7. The van der Waals surface area contributed by atoms with Gasteiger partial charge in [0.1, 0.15) is 5.82 Å². The second-order valence-electron chi connectivity index (χ2n) is 5.84. The number of hydrogen-bond acceptors (Lipinski definition) is 3. The molecule has 0 fully saturated rings. The van der Waals surface area contributed by atoms with Crippen LogP contribution in [-0.4, -0.2) is 33.4 Å². The van der Waals surface area contributed by atoms with Gasteiger partial charge in [-0.2, -0.15) is 0 Å². The minimum absolute atomic E-state index is 0.133. The van der Waals surface area contributed by atoms with Gasteiger partial charge in [0.2, 0.25) is 10.0 Å². The van der Waals surface area contributed by atoms with Crippen LogP contribution in [0.25, 0.3) is 0 Å². The average Bonchev–Trinajstić information content (AvgIpc) is 2.62. The molecular weight excluding hydrogens is 357 g/mol. The van der Waals surface area contributed by atoms with Gasteiger partial charge in [-0.25, -0.2) is 22.3 Å². The molecule has 26 heavy (non-hydrogen) atoms. The average molecular weight is 379 g/mol. The third-order valence-corrected chi connectivity index (χ3v) is 5.23. The minimum atomic E-state index is -3.41. The zero-order chi connectivity index (χ0) is 19.2. The molecule has 2 aromatic carbocycles. The van der Waals surface area contributed by atoms with Gasteiger partial charge in [-0.15, -0.1) is 0 Å². The van der Waals surface area contributed by atoms with Crippen LogP contribution in [-0.2, 0) is 28.9 Å². The van der Waals surface area contributed by atoms with Crippen LogP contribution in [0.15, 0.2) is 48.5 Å². The number of rotatable bonds is 7. The number of benzene rings is 2. The lowest BCUT2D eigenvalue weighted by molar-refractivity contribution is 0.206. The summed E-state index contributed by atoms with van der Waals surface area (Å²) in [7, 11) is -0.483. The number of amides is 2. The quantitative estimate of drug-likeness (QED) is 0.774. The van der Waals surface area contributed by atoms with Crippen molar-refractivity contribution in [1.82, 2.24) is 14.9 Å². The molecule has 0 atom stereocenters. The summed E-state index contributed by atoms with van der Waals surface area (Å²) < 4.78 is 39.5. The van der Waals surface area contributed by atoms with Gasteiger partial charge >= 0.3 is 6.03 Å². The summed E-state index contributed by atoms with van der Waals surface area (Å²) in [5.74, 6) is -0.532. The highest BCUT2D eigenvalue weighted by Gasteiger charge is 2.14. The number of nitrogens with one attached hydrogen (secondary N) is 2. The molecule has 0 bridgehead atoms. The number of carbonyl (C=O) groups is 1. The molecule has 140 valence electrons. The van der Waals surface area contributed by atoms with Crippen LogP contribution in [0.5, 0.6) is 0 Å². The van der Waals surface area contributed by atoms with E-state index >= 15 is 0 Å². The van der Waals surface area contributed by atoms with E-state index in [1.165, 1.54) is 18.0 Å². The van der Waals surface area contributed by atoms with E-state index in [0.717, 1.165) is 0 Å². The van der Waals surface area contributed by atoms with Crippen molar-refractivity contribution in [3.05, 3.63) is 71.0 Å². The predicted molar refractivity (Wildman–Crippen MR) is 98.2 cm³/mol. The summed E-state index contributed by atoms with van der Waals surface area (Å²) >= 11 is 0. The Hall–Kier alpha value is -2.45. The van der Waals surface area contributed by atoms with E-state index in [2.05, 4.69) is 10.0 Å². The number of sulfonamides is 1. The van der Waals surface area contributed by atoms with Crippen LogP contribution >= 0.6 is 0 Å². The minimum Gasteiger partial charge on any atom is -0.334 e. The molecule has 0 aromatic heterocycles. The van der Waals surface area contributed by atoms with E-state index in [0.29, 0.717) is 16.7 Å². The fourth-order valence-electron chi connectivity index (χ4n) is 2.41. The van der Waals surface area contributed by atoms with Gasteiger partial charge in [-0.3, -0.25) is 0 Å². The molecule has 8 heteroatoms. The van der Waals surface area contributed by atoms with E-state index in [9.17, 15) is 17.6 Å². The third-order valence-electron chi connectivity index (χ3n) is 3.92. The van der Waals surface area contributed by atoms with Gasteiger partial charge < -0.3 is 10.2 Å². The maximum Gasteiger partial charge on any atom is 0.317 e. The highest BCUT2D eigenvalue weighted by molar-refractivity contribution is 7.88. The topological polar surface area (TPSA) is 78.5 Å². The van der Waals surface area contributed by atoms with Crippen molar-refractivity contribution >= 4 is 16.1 Å². The SMILES string of the molecule is CNS(=O)(=O)Cc1ccccc1CNC(=O)N(C)Cc1ccccc1F. The molecular formula is C18H22FN3O3S. The Bertz CT molecular complexity index is 871. The predicted octanol–water partition coefficient (Wildman–Crippen LogP) is 2.22. The largest absolute Gasteiger partial charge is 0.334 e. The van der Waals surface area contributed by atoms with E-state index in [1.807, 2.05) is 0 Å². The van der Waals surface area contributed by atoms with E-state index in [4.69, 9.17) is 0 Å². The first-order chi connectivity index (χ1) is 12.3. The van der Waals surface area contributed by atoms with Gasteiger partial charge in [0.25, 0.3) is 0 Å². The van der Waals surface area contributed by atoms with Crippen molar-refractivity contribution < 1.29 is 17.6 Å². The molecule has 0 radical (unpaired) electrons. The Morgan fingerprint density at radius 1 is 1.04 bits per heavy atom. The number of nitrogens with zero attached hydrogens (tertiary/aromatic N) is 1. The molecule has 0 aliphatic carbocycles. The summed E-state index contributed by atoms with van der Waals surface area (Å²) in [6.45, 7) is 0.310. The summed E-state index contributed by atoms with van der Waals surface area (Å²) in [5.41, 5.74) is 1.74. The highest BCUT2D eigenvalue weighted by Crippen LogP contribution is 2.13. The van der Waals surface area contributed by atoms with Crippen molar-refractivity contribution in [1.29, 1.82) is 0 Å². The molecule has 0 unspecified atom stereocenters. The second-order valence-corrected chi connectivity index (χ2v) is 7.76. The van der Waals surface area contributed by atoms with Gasteiger partial charge in [0.05, 0.1) is 5.75 Å². The normalized spacial score (nSPS) is 11.2. The number of urea groups is 1. The van der Waals surface area contributed by atoms with Crippen molar-refractivity contribution in [2.24, 2.45) is 0 Å². The lowest BCUT2D eigenvalue weighted by Gasteiger charge is -2.19. The van der Waals surface area contributed by atoms with Crippen LogP contribution in [0.4, 0.5) is 9.18 Å². The summed E-state index contributed by atoms with van der Waals surface area (Å²) in [6.07, 6.45) is 0. The Labute approximate surface area is 153 Å². The fraction of sp³-hybridized carbons (Fsp3) is 0.278. The van der Waals surface area contributed by atoms with E-state index in [1.54, 1.807) is 49.5 Å². The number of halogens is 1. The fourth-order valence-corrected chi connectivity index (χ4v) is 3.24. The zero-order valence-corrected chi connectivity index (χ0v) is 15.5. The maximum atomic E-state index is 13.7. The molecule has 2 amide bonds. The van der Waals surface area contributed by atoms with Crippen molar-refractivity contribution in [3.63, 3.8) is 0 Å². The standard InChI is InChI=1S/C18H22FN3O3S/c1-20-26(24,25)13-16-9-4-3-7-14(16)11-21-18(23)22(2)12-15-8-5-6-10-17(15)19/h3-10,20H,11-13H2,1-2H3,(H,21,23). The molecule has 0 saturated carbocycles. The molecule has 2 aromatic rings. The monoisotopic (exact) mass is 379 g/mol. The van der Waals surface area contributed by atoms with Gasteiger partial charge in [0.15, 0.2) is 0 Å². The van der Waals surface area contributed by atoms with Crippen LogP contribution in [0, 0.1) is 5.82 Å². The Kier molecular flexibility index (Phi) is 6.70. The Morgan fingerprint density at radius 2 is 1.62 bits per heavy atom. The lowest BCUT2D eigenvalue weighted by Crippen LogP contribution is -2.36. The molecule has 6 nitrogen and oxygen atoms in total. The van der Waals surface area contributed by atoms with Gasteiger partial charge in [-0.1, -0.05) is 42.5 Å². The van der Waals surface area contributed by atoms with E-state index < -0.39 is 10.0 Å². The Morgan fingerprint density at radius 3 is 2.23 bits per heavy atom. The van der Waals surface area contributed by atoms with Crippen LogP contribution in [0.2, 0.25) is 0 Å². The van der Waals surface area contributed by atoms with Crippen molar-refractivity contribution in [2.45, 2.75) is 18.8 Å². The molecule has 2 rings (SSSR count). The molecule has 2 N–H and O–H groups in total.